The molecule has 7 nitrogen and oxygen atoms in total. The van der Waals surface area contributed by atoms with Gasteiger partial charge >= 0.3 is 5.69 Å². The second-order valence-electron chi connectivity index (χ2n) is 2.77. The van der Waals surface area contributed by atoms with Crippen molar-refractivity contribution in [2.75, 3.05) is 0 Å². The van der Waals surface area contributed by atoms with Gasteiger partial charge in [-0.15, -0.1) is 0 Å². The minimum Gasteiger partial charge on any atom is -0.258 e. The lowest BCUT2D eigenvalue weighted by atomic mass is 10.3. The molecule has 1 aromatic heterocycles. The minimum absolute atomic E-state index is 0.536. The second-order valence-corrected chi connectivity index (χ2v) is 5.10. The zero-order chi connectivity index (χ0) is 13.4. The van der Waals surface area contributed by atoms with Gasteiger partial charge in [-0.1, -0.05) is 0 Å². The van der Waals surface area contributed by atoms with E-state index in [9.17, 15) is 27.3 Å². The molecule has 0 spiro atoms. The largest absolute Gasteiger partial charge is 0.312 e. The molecule has 0 bridgehead atoms. The van der Waals surface area contributed by atoms with Crippen LogP contribution in [0.2, 0.25) is 0 Å². The molecule has 0 saturated heterocycles. The van der Waals surface area contributed by atoms with Crippen LogP contribution in [-0.4, -0.2) is 18.3 Å². The summed E-state index contributed by atoms with van der Waals surface area (Å²) in [4.78, 5) is 11.8. The number of hydrogen-bond donors (Lipinski definition) is 1. The van der Waals surface area contributed by atoms with Gasteiger partial charge in [-0.05, 0) is 15.9 Å². The van der Waals surface area contributed by atoms with E-state index in [0.29, 0.717) is 6.20 Å². The molecule has 0 fully saturated rings. The standard InChI is InChI=1S/C6H4BrF2N3O4S/c7-3-2(17(10,15)16)1-11-4(6(8)9)5(3)12(13)14/h1,6H,(H2,10,15,16). The van der Waals surface area contributed by atoms with E-state index in [0.717, 1.165) is 0 Å². The fraction of sp³-hybridized carbons (Fsp3) is 0.167. The van der Waals surface area contributed by atoms with Crippen LogP contribution in [0.25, 0.3) is 0 Å². The zero-order valence-corrected chi connectivity index (χ0v) is 10.2. The molecule has 0 atom stereocenters. The van der Waals surface area contributed by atoms with Crippen LogP contribution in [0, 0.1) is 10.1 Å². The van der Waals surface area contributed by atoms with Gasteiger partial charge in [-0.25, -0.2) is 27.3 Å². The molecular formula is C6H4BrF2N3O4S. The Labute approximate surface area is 102 Å². The predicted molar refractivity (Wildman–Crippen MR) is 54.9 cm³/mol. The summed E-state index contributed by atoms with van der Waals surface area (Å²) < 4.78 is 46.2. The van der Waals surface area contributed by atoms with Gasteiger partial charge in [0.1, 0.15) is 9.37 Å². The fourth-order valence-corrected chi connectivity index (χ4v) is 2.68. The Morgan fingerprint density at radius 1 is 1.53 bits per heavy atom. The van der Waals surface area contributed by atoms with Crippen molar-refractivity contribution >= 4 is 31.6 Å². The molecule has 11 heteroatoms. The van der Waals surface area contributed by atoms with E-state index < -0.39 is 42.1 Å². The smallest absolute Gasteiger partial charge is 0.258 e. The zero-order valence-electron chi connectivity index (χ0n) is 7.80. The number of alkyl halides is 2. The van der Waals surface area contributed by atoms with Gasteiger partial charge in [-0.3, -0.25) is 10.1 Å². The van der Waals surface area contributed by atoms with E-state index in [2.05, 4.69) is 20.9 Å². The summed E-state index contributed by atoms with van der Waals surface area (Å²) in [6.07, 6.45) is -2.67. The average molecular weight is 332 g/mol. The quantitative estimate of drug-likeness (QED) is 0.662. The molecule has 0 aliphatic carbocycles. The fourth-order valence-electron chi connectivity index (χ4n) is 1.01. The summed E-state index contributed by atoms with van der Waals surface area (Å²) in [5, 5.41) is 15.3. The lowest BCUT2D eigenvalue weighted by molar-refractivity contribution is -0.387. The van der Waals surface area contributed by atoms with Crippen LogP contribution in [0.1, 0.15) is 12.1 Å². The topological polar surface area (TPSA) is 116 Å². The van der Waals surface area contributed by atoms with E-state index in [1.54, 1.807) is 0 Å². The lowest BCUT2D eigenvalue weighted by Gasteiger charge is -2.06. The third-order valence-electron chi connectivity index (χ3n) is 1.68. The van der Waals surface area contributed by atoms with Crippen LogP contribution < -0.4 is 5.14 Å². The van der Waals surface area contributed by atoms with Gasteiger partial charge in [0.25, 0.3) is 6.43 Å². The maximum atomic E-state index is 12.4. The SMILES string of the molecule is NS(=O)(=O)c1cnc(C(F)F)c([N+](=O)[O-])c1Br. The number of halogens is 3. The van der Waals surface area contributed by atoms with Crippen molar-refractivity contribution in [1.82, 2.24) is 4.98 Å². The summed E-state index contributed by atoms with van der Waals surface area (Å²) in [5.74, 6) is 0. The molecule has 94 valence electrons. The number of aromatic nitrogens is 1. The van der Waals surface area contributed by atoms with Crippen LogP contribution in [0.4, 0.5) is 14.5 Å². The Morgan fingerprint density at radius 3 is 2.41 bits per heavy atom. The summed E-state index contributed by atoms with van der Waals surface area (Å²) in [6, 6.07) is 0. The summed E-state index contributed by atoms with van der Waals surface area (Å²) in [6.45, 7) is 0. The van der Waals surface area contributed by atoms with Crippen LogP contribution in [0.5, 0.6) is 0 Å². The first-order valence-corrected chi connectivity index (χ1v) is 6.14. The maximum Gasteiger partial charge on any atom is 0.312 e. The molecule has 0 amide bonds. The van der Waals surface area contributed by atoms with Gasteiger partial charge < -0.3 is 0 Å². The number of primary sulfonamides is 1. The van der Waals surface area contributed by atoms with Crippen molar-refractivity contribution in [3.05, 3.63) is 26.5 Å². The van der Waals surface area contributed by atoms with Gasteiger partial charge in [-0.2, -0.15) is 0 Å². The van der Waals surface area contributed by atoms with Crippen molar-refractivity contribution in [2.45, 2.75) is 11.3 Å². The summed E-state index contributed by atoms with van der Waals surface area (Å²) in [5.41, 5.74) is -2.25. The number of sulfonamides is 1. The molecule has 0 aliphatic rings. The van der Waals surface area contributed by atoms with E-state index in [1.165, 1.54) is 0 Å². The van der Waals surface area contributed by atoms with Crippen LogP contribution in [0.15, 0.2) is 15.6 Å². The van der Waals surface area contributed by atoms with Gasteiger partial charge in [0.15, 0.2) is 5.69 Å². The first-order valence-electron chi connectivity index (χ1n) is 3.80. The Morgan fingerprint density at radius 2 is 2.06 bits per heavy atom. The minimum atomic E-state index is -4.29. The first kappa shape index (κ1) is 13.9. The molecule has 0 radical (unpaired) electrons. The highest BCUT2D eigenvalue weighted by Gasteiger charge is 2.31. The molecule has 17 heavy (non-hydrogen) atoms. The van der Waals surface area contributed by atoms with Crippen LogP contribution in [-0.2, 0) is 10.0 Å². The molecule has 0 aliphatic heterocycles. The number of rotatable bonds is 3. The van der Waals surface area contributed by atoms with Crippen LogP contribution >= 0.6 is 15.9 Å². The Balaban J connectivity index is 3.67. The second kappa shape index (κ2) is 4.58. The van der Waals surface area contributed by atoms with E-state index in [4.69, 9.17) is 5.14 Å². The molecule has 1 aromatic rings. The number of hydrogen-bond acceptors (Lipinski definition) is 5. The number of nitrogens with zero attached hydrogens (tertiary/aromatic N) is 2. The van der Waals surface area contributed by atoms with E-state index in [-0.39, 0.29) is 0 Å². The molecule has 0 unspecified atom stereocenters. The van der Waals surface area contributed by atoms with Gasteiger partial charge in [0.2, 0.25) is 10.0 Å². The van der Waals surface area contributed by atoms with Crippen molar-refractivity contribution in [2.24, 2.45) is 5.14 Å². The Hall–Kier alpha value is -1.20. The highest BCUT2D eigenvalue weighted by atomic mass is 79.9. The highest BCUT2D eigenvalue weighted by Crippen LogP contribution is 2.36. The number of pyridine rings is 1. The molecular weight excluding hydrogens is 328 g/mol. The predicted octanol–water partition coefficient (Wildman–Crippen LogP) is 1.34. The Kier molecular flexibility index (Phi) is 3.74. The normalized spacial score (nSPS) is 11.8. The van der Waals surface area contributed by atoms with Crippen molar-refractivity contribution in [3.8, 4) is 0 Å². The van der Waals surface area contributed by atoms with E-state index in [1.807, 2.05) is 0 Å². The third kappa shape index (κ3) is 2.73. The average Bonchev–Trinajstić information content (AvgIpc) is 2.13. The Bertz CT molecular complexity index is 577. The van der Waals surface area contributed by atoms with Crippen molar-refractivity contribution in [3.63, 3.8) is 0 Å². The third-order valence-corrected chi connectivity index (χ3v) is 3.67. The van der Waals surface area contributed by atoms with Gasteiger partial charge in [0.05, 0.1) is 4.92 Å². The van der Waals surface area contributed by atoms with Crippen LogP contribution in [0.3, 0.4) is 0 Å². The highest BCUT2D eigenvalue weighted by molar-refractivity contribution is 9.10. The van der Waals surface area contributed by atoms with Crippen molar-refractivity contribution < 1.29 is 22.1 Å². The lowest BCUT2D eigenvalue weighted by Crippen LogP contribution is -2.15. The number of nitrogens with two attached hydrogens (primary N) is 1. The first-order chi connectivity index (χ1) is 7.66. The molecule has 2 N–H and O–H groups in total. The molecule has 1 heterocycles. The monoisotopic (exact) mass is 331 g/mol. The summed E-state index contributed by atoms with van der Waals surface area (Å²) in [7, 11) is -4.29. The summed E-state index contributed by atoms with van der Waals surface area (Å²) >= 11 is 2.56. The van der Waals surface area contributed by atoms with E-state index >= 15 is 0 Å². The number of nitro groups is 1. The molecule has 0 aromatic carbocycles. The van der Waals surface area contributed by atoms with Crippen molar-refractivity contribution in [1.29, 1.82) is 0 Å². The van der Waals surface area contributed by atoms with Gasteiger partial charge in [0, 0.05) is 6.20 Å². The maximum absolute atomic E-state index is 12.4. The molecule has 0 saturated carbocycles. The molecule has 1 rings (SSSR count).